The second-order valence-electron chi connectivity index (χ2n) is 5.18. The molecule has 9 heteroatoms. The number of nitrogens with two attached hydrogens (primary N) is 1. The second kappa shape index (κ2) is 7.64. The van der Waals surface area contributed by atoms with E-state index in [0.29, 0.717) is 5.56 Å². The molecule has 2 aromatic carbocycles. The van der Waals surface area contributed by atoms with Crippen LogP contribution in [-0.2, 0) is 14.8 Å². The maximum Gasteiger partial charge on any atom is 0.305 e. The molecule has 0 aliphatic heterocycles. The summed E-state index contributed by atoms with van der Waals surface area (Å²) < 4.78 is 27.4. The van der Waals surface area contributed by atoms with Crippen molar-refractivity contribution in [3.63, 3.8) is 0 Å². The predicted octanol–water partition coefficient (Wildman–Crippen LogP) is 1.93. The Morgan fingerprint density at radius 2 is 1.72 bits per heavy atom. The molecule has 0 aromatic heterocycles. The molecular formula is C16H15ClN2O5S. The van der Waals surface area contributed by atoms with Gasteiger partial charge in [0.05, 0.1) is 17.4 Å². The molecule has 25 heavy (non-hydrogen) atoms. The summed E-state index contributed by atoms with van der Waals surface area (Å²) >= 11 is 6.05. The summed E-state index contributed by atoms with van der Waals surface area (Å²) in [5.41, 5.74) is 5.63. The van der Waals surface area contributed by atoms with Gasteiger partial charge in [0.1, 0.15) is 0 Å². The fraction of sp³-hybridized carbons (Fsp3) is 0.125. The number of rotatable bonds is 7. The van der Waals surface area contributed by atoms with Crippen LogP contribution in [-0.4, -0.2) is 25.4 Å². The first-order valence-electron chi connectivity index (χ1n) is 7.09. The minimum atomic E-state index is -4.04. The number of aliphatic carboxylic acids is 1. The van der Waals surface area contributed by atoms with E-state index in [-0.39, 0.29) is 15.5 Å². The van der Waals surface area contributed by atoms with Gasteiger partial charge in [0, 0.05) is 10.6 Å². The van der Waals surface area contributed by atoms with Crippen LogP contribution in [0.2, 0.25) is 5.02 Å². The van der Waals surface area contributed by atoms with Crippen molar-refractivity contribution in [2.75, 3.05) is 0 Å². The SMILES string of the molecule is NC(=O)c1ccc(S(=O)(=O)N[C@H](CC(=O)O)c2ccccc2Cl)cc1. The van der Waals surface area contributed by atoms with E-state index in [1.54, 1.807) is 24.3 Å². The smallest absolute Gasteiger partial charge is 0.305 e. The van der Waals surface area contributed by atoms with Gasteiger partial charge in [-0.1, -0.05) is 29.8 Å². The lowest BCUT2D eigenvalue weighted by Gasteiger charge is -2.18. The minimum absolute atomic E-state index is 0.125. The van der Waals surface area contributed by atoms with E-state index in [1.165, 1.54) is 24.3 Å². The molecule has 4 N–H and O–H groups in total. The zero-order valence-electron chi connectivity index (χ0n) is 12.8. The monoisotopic (exact) mass is 382 g/mol. The van der Waals surface area contributed by atoms with Gasteiger partial charge < -0.3 is 10.8 Å². The Balaban J connectivity index is 2.35. The first kappa shape index (κ1) is 18.9. The molecule has 0 fully saturated rings. The lowest BCUT2D eigenvalue weighted by molar-refractivity contribution is -0.137. The molecule has 2 rings (SSSR count). The normalized spacial score (nSPS) is 12.5. The molecule has 0 saturated carbocycles. The maximum absolute atomic E-state index is 12.5. The van der Waals surface area contributed by atoms with Gasteiger partial charge in [0.25, 0.3) is 0 Å². The standard InChI is InChI=1S/C16H15ClN2O5S/c17-13-4-2-1-3-12(13)14(9-15(20)21)19-25(23,24)11-7-5-10(6-8-11)16(18)22/h1-8,14,19H,9H2,(H2,18,22)(H,20,21)/t14-/m1/s1. The largest absolute Gasteiger partial charge is 0.481 e. The summed E-state index contributed by atoms with van der Waals surface area (Å²) in [4.78, 5) is 22.0. The highest BCUT2D eigenvalue weighted by atomic mass is 35.5. The Bertz CT molecular complexity index is 897. The number of benzene rings is 2. The van der Waals surface area contributed by atoms with Gasteiger partial charge in [-0.15, -0.1) is 0 Å². The maximum atomic E-state index is 12.5. The molecule has 2 aromatic rings. The van der Waals surface area contributed by atoms with E-state index in [0.717, 1.165) is 0 Å². The van der Waals surface area contributed by atoms with Crippen molar-refractivity contribution in [2.24, 2.45) is 5.73 Å². The van der Waals surface area contributed by atoms with Crippen molar-refractivity contribution in [1.29, 1.82) is 0 Å². The Kier molecular flexibility index (Phi) is 5.78. The third-order valence-electron chi connectivity index (χ3n) is 3.41. The van der Waals surface area contributed by atoms with Gasteiger partial charge in [-0.2, -0.15) is 0 Å². The van der Waals surface area contributed by atoms with Crippen LogP contribution < -0.4 is 10.5 Å². The summed E-state index contributed by atoms with van der Waals surface area (Å²) in [5, 5.41) is 9.32. The van der Waals surface area contributed by atoms with Crippen LogP contribution in [0.1, 0.15) is 28.4 Å². The number of amides is 1. The summed E-state index contributed by atoms with van der Waals surface area (Å²) in [5.74, 6) is -1.87. The van der Waals surface area contributed by atoms with Gasteiger partial charge >= 0.3 is 5.97 Å². The molecule has 0 aliphatic rings. The zero-order chi connectivity index (χ0) is 18.6. The number of carbonyl (C=O) groups excluding carboxylic acids is 1. The number of carbonyl (C=O) groups is 2. The molecule has 0 heterocycles. The summed E-state index contributed by atoms with van der Waals surface area (Å²) in [6, 6.07) is 10.3. The highest BCUT2D eigenvalue weighted by molar-refractivity contribution is 7.89. The lowest BCUT2D eigenvalue weighted by Crippen LogP contribution is -2.30. The topological polar surface area (TPSA) is 127 Å². The number of sulfonamides is 1. The quantitative estimate of drug-likeness (QED) is 0.674. The van der Waals surface area contributed by atoms with E-state index < -0.39 is 34.4 Å². The summed E-state index contributed by atoms with van der Waals surface area (Å²) in [7, 11) is -4.04. The Hall–Kier alpha value is -2.42. The van der Waals surface area contributed by atoms with Crippen molar-refractivity contribution < 1.29 is 23.1 Å². The van der Waals surface area contributed by atoms with Gasteiger partial charge in [0.2, 0.25) is 15.9 Å². The van der Waals surface area contributed by atoms with Gasteiger partial charge in [0.15, 0.2) is 0 Å². The number of carboxylic acids is 1. The van der Waals surface area contributed by atoms with Gasteiger partial charge in [-0.25, -0.2) is 13.1 Å². The van der Waals surface area contributed by atoms with Crippen molar-refractivity contribution in [3.8, 4) is 0 Å². The van der Waals surface area contributed by atoms with Crippen LogP contribution in [0.3, 0.4) is 0 Å². The van der Waals surface area contributed by atoms with Crippen molar-refractivity contribution in [2.45, 2.75) is 17.4 Å². The van der Waals surface area contributed by atoms with Crippen LogP contribution >= 0.6 is 11.6 Å². The fourth-order valence-corrected chi connectivity index (χ4v) is 3.68. The Morgan fingerprint density at radius 3 is 2.24 bits per heavy atom. The molecule has 1 amide bonds. The number of halogens is 1. The third kappa shape index (κ3) is 4.79. The molecule has 0 saturated heterocycles. The van der Waals surface area contributed by atoms with E-state index in [9.17, 15) is 18.0 Å². The molecule has 132 valence electrons. The first-order chi connectivity index (χ1) is 11.7. The fourth-order valence-electron chi connectivity index (χ4n) is 2.20. The minimum Gasteiger partial charge on any atom is -0.481 e. The molecule has 1 atom stereocenters. The number of hydrogen-bond acceptors (Lipinski definition) is 4. The molecule has 0 aliphatic carbocycles. The highest BCUT2D eigenvalue weighted by Crippen LogP contribution is 2.27. The van der Waals surface area contributed by atoms with Gasteiger partial charge in [-0.3, -0.25) is 9.59 Å². The van der Waals surface area contributed by atoms with Crippen molar-refractivity contribution in [3.05, 3.63) is 64.7 Å². The third-order valence-corrected chi connectivity index (χ3v) is 5.24. The summed E-state index contributed by atoms with van der Waals surface area (Å²) in [6.07, 6.45) is -0.484. The first-order valence-corrected chi connectivity index (χ1v) is 8.95. The van der Waals surface area contributed by atoms with E-state index >= 15 is 0 Å². The molecule has 0 unspecified atom stereocenters. The Morgan fingerprint density at radius 1 is 1.12 bits per heavy atom. The van der Waals surface area contributed by atoms with E-state index in [1.807, 2.05) is 0 Å². The average Bonchev–Trinajstić information content (AvgIpc) is 2.54. The van der Waals surface area contributed by atoms with Crippen molar-refractivity contribution in [1.82, 2.24) is 4.72 Å². The van der Waals surface area contributed by atoms with E-state index in [2.05, 4.69) is 4.72 Å². The van der Waals surface area contributed by atoms with Crippen LogP contribution in [0.25, 0.3) is 0 Å². The van der Waals surface area contributed by atoms with Crippen LogP contribution in [0.15, 0.2) is 53.4 Å². The molecule has 7 nitrogen and oxygen atoms in total. The van der Waals surface area contributed by atoms with E-state index in [4.69, 9.17) is 22.4 Å². The average molecular weight is 383 g/mol. The number of hydrogen-bond donors (Lipinski definition) is 3. The van der Waals surface area contributed by atoms with Crippen LogP contribution in [0, 0.1) is 0 Å². The van der Waals surface area contributed by atoms with Crippen LogP contribution in [0.5, 0.6) is 0 Å². The molecule has 0 bridgehead atoms. The molecule has 0 radical (unpaired) electrons. The Labute approximate surface area is 149 Å². The van der Waals surface area contributed by atoms with Crippen LogP contribution in [0.4, 0.5) is 0 Å². The van der Waals surface area contributed by atoms with Crippen molar-refractivity contribution >= 4 is 33.5 Å². The zero-order valence-corrected chi connectivity index (χ0v) is 14.4. The molecular weight excluding hydrogens is 368 g/mol. The highest BCUT2D eigenvalue weighted by Gasteiger charge is 2.25. The second-order valence-corrected chi connectivity index (χ2v) is 7.30. The number of carboxylic acid groups (broad SMARTS) is 1. The number of nitrogens with one attached hydrogen (secondary N) is 1. The number of primary amides is 1. The van der Waals surface area contributed by atoms with Gasteiger partial charge in [-0.05, 0) is 35.9 Å². The lowest BCUT2D eigenvalue weighted by atomic mass is 10.1. The summed E-state index contributed by atoms with van der Waals surface area (Å²) in [6.45, 7) is 0. The predicted molar refractivity (Wildman–Crippen MR) is 91.7 cm³/mol. The molecule has 0 spiro atoms.